The van der Waals surface area contributed by atoms with E-state index in [4.69, 9.17) is 4.74 Å². The number of halogens is 1. The van der Waals surface area contributed by atoms with Gasteiger partial charge in [-0.25, -0.2) is 0 Å². The van der Waals surface area contributed by atoms with Gasteiger partial charge < -0.3 is 15.0 Å². The second kappa shape index (κ2) is 8.31. The Kier molecular flexibility index (Phi) is 6.42. The number of amides is 1. The minimum absolute atomic E-state index is 0.0195. The number of hydrogen-bond acceptors (Lipinski definition) is 3. The Hall–Kier alpha value is -1.59. The zero-order valence-electron chi connectivity index (χ0n) is 13.8. The minimum Gasteiger partial charge on any atom is -0.483 e. The van der Waals surface area contributed by atoms with Crippen molar-refractivity contribution in [2.45, 2.75) is 6.92 Å². The summed E-state index contributed by atoms with van der Waals surface area (Å²) in [5.41, 5.74) is 0. The van der Waals surface area contributed by atoms with Crippen LogP contribution in [0.5, 0.6) is 5.75 Å². The molecule has 0 bridgehead atoms. The lowest BCUT2D eigenvalue weighted by atomic mass is 10.1. The lowest BCUT2D eigenvalue weighted by Gasteiger charge is -2.17. The van der Waals surface area contributed by atoms with Crippen molar-refractivity contribution in [2.24, 2.45) is 5.92 Å². The summed E-state index contributed by atoms with van der Waals surface area (Å²) in [5, 5.41) is 5.12. The van der Waals surface area contributed by atoms with Gasteiger partial charge in [0.25, 0.3) is 5.91 Å². The van der Waals surface area contributed by atoms with Crippen LogP contribution in [0.1, 0.15) is 6.92 Å². The van der Waals surface area contributed by atoms with E-state index in [2.05, 4.69) is 33.1 Å². The third-order valence-corrected chi connectivity index (χ3v) is 4.33. The molecule has 1 N–H and O–H groups in total. The van der Waals surface area contributed by atoms with Gasteiger partial charge >= 0.3 is 0 Å². The van der Waals surface area contributed by atoms with Gasteiger partial charge in [-0.3, -0.25) is 4.79 Å². The number of carbonyl (C=O) groups is 1. The molecule has 124 valence electrons. The highest BCUT2D eigenvalue weighted by molar-refractivity contribution is 9.10. The summed E-state index contributed by atoms with van der Waals surface area (Å²) in [6.07, 6.45) is 0. The van der Waals surface area contributed by atoms with E-state index in [1.807, 2.05) is 50.5 Å². The van der Waals surface area contributed by atoms with Crippen LogP contribution in [0.3, 0.4) is 0 Å². The predicted octanol–water partition coefficient (Wildman–Crippen LogP) is 3.30. The van der Waals surface area contributed by atoms with Gasteiger partial charge in [0.15, 0.2) is 6.61 Å². The van der Waals surface area contributed by atoms with Crippen molar-refractivity contribution >= 4 is 32.6 Å². The summed E-state index contributed by atoms with van der Waals surface area (Å²) in [6.45, 7) is 3.73. The number of nitrogens with one attached hydrogen (secondary N) is 1. The highest BCUT2D eigenvalue weighted by Crippen LogP contribution is 2.32. The van der Waals surface area contributed by atoms with Crippen LogP contribution < -0.4 is 10.1 Å². The molecule has 0 aliphatic heterocycles. The van der Waals surface area contributed by atoms with Crippen LogP contribution in [-0.2, 0) is 4.79 Å². The molecular formula is C18H23BrN2O2. The van der Waals surface area contributed by atoms with Crippen molar-refractivity contribution in [1.82, 2.24) is 10.2 Å². The van der Waals surface area contributed by atoms with E-state index in [-0.39, 0.29) is 12.5 Å². The van der Waals surface area contributed by atoms with Gasteiger partial charge in [-0.15, -0.1) is 0 Å². The first kappa shape index (κ1) is 17.8. The van der Waals surface area contributed by atoms with Crippen molar-refractivity contribution in [3.8, 4) is 5.75 Å². The standard InChI is InChI=1S/C18H23BrN2O2/c1-13(11-21(2)3)10-20-17(22)12-23-16-9-8-14-6-4-5-7-15(14)18(16)19/h4-9,13H,10-12H2,1-3H3,(H,20,22)/t13-/m0/s1. The highest BCUT2D eigenvalue weighted by atomic mass is 79.9. The van der Waals surface area contributed by atoms with E-state index < -0.39 is 0 Å². The molecule has 2 aromatic carbocycles. The van der Waals surface area contributed by atoms with Crippen molar-refractivity contribution in [2.75, 3.05) is 33.8 Å². The van der Waals surface area contributed by atoms with Gasteiger partial charge in [0.2, 0.25) is 0 Å². The van der Waals surface area contributed by atoms with Gasteiger partial charge in [0.1, 0.15) is 5.75 Å². The normalized spacial score (nSPS) is 12.4. The lowest BCUT2D eigenvalue weighted by molar-refractivity contribution is -0.123. The van der Waals surface area contributed by atoms with Crippen LogP contribution in [-0.4, -0.2) is 44.6 Å². The fourth-order valence-corrected chi connectivity index (χ4v) is 3.10. The molecule has 4 nitrogen and oxygen atoms in total. The number of hydrogen-bond donors (Lipinski definition) is 1. The molecule has 0 unspecified atom stereocenters. The third kappa shape index (κ3) is 5.22. The number of nitrogens with zero attached hydrogens (tertiary/aromatic N) is 1. The molecule has 5 heteroatoms. The molecule has 0 aromatic heterocycles. The molecule has 0 aliphatic carbocycles. The van der Waals surface area contributed by atoms with Crippen LogP contribution in [0.15, 0.2) is 40.9 Å². The fraction of sp³-hybridized carbons (Fsp3) is 0.389. The maximum Gasteiger partial charge on any atom is 0.257 e. The number of benzene rings is 2. The van der Waals surface area contributed by atoms with E-state index in [0.717, 1.165) is 21.8 Å². The van der Waals surface area contributed by atoms with Crippen LogP contribution in [0.25, 0.3) is 10.8 Å². The summed E-state index contributed by atoms with van der Waals surface area (Å²) in [6, 6.07) is 11.9. The van der Waals surface area contributed by atoms with Crippen molar-refractivity contribution < 1.29 is 9.53 Å². The van der Waals surface area contributed by atoms with E-state index >= 15 is 0 Å². The Morgan fingerprint density at radius 2 is 2.00 bits per heavy atom. The van der Waals surface area contributed by atoms with E-state index in [9.17, 15) is 4.79 Å². The molecule has 2 rings (SSSR count). The largest absolute Gasteiger partial charge is 0.483 e. The average Bonchev–Trinajstić information content (AvgIpc) is 2.52. The second-order valence-electron chi connectivity index (χ2n) is 6.06. The molecule has 0 fully saturated rings. The van der Waals surface area contributed by atoms with Gasteiger partial charge in [-0.2, -0.15) is 0 Å². The van der Waals surface area contributed by atoms with Crippen molar-refractivity contribution in [1.29, 1.82) is 0 Å². The topological polar surface area (TPSA) is 41.6 Å². The zero-order chi connectivity index (χ0) is 16.8. The van der Waals surface area contributed by atoms with Crippen LogP contribution >= 0.6 is 15.9 Å². The first-order chi connectivity index (χ1) is 11.0. The second-order valence-corrected chi connectivity index (χ2v) is 6.85. The van der Waals surface area contributed by atoms with E-state index in [1.54, 1.807) is 0 Å². The smallest absolute Gasteiger partial charge is 0.257 e. The Bertz CT molecular complexity index is 673. The first-order valence-electron chi connectivity index (χ1n) is 7.69. The molecule has 1 atom stereocenters. The molecular weight excluding hydrogens is 356 g/mol. The monoisotopic (exact) mass is 378 g/mol. The quantitative estimate of drug-likeness (QED) is 0.803. The molecule has 1 amide bonds. The molecule has 23 heavy (non-hydrogen) atoms. The summed E-state index contributed by atoms with van der Waals surface area (Å²) in [4.78, 5) is 14.0. The SMILES string of the molecule is C[C@@H](CNC(=O)COc1ccc2ccccc2c1Br)CN(C)C. The molecule has 2 aromatic rings. The summed E-state index contributed by atoms with van der Waals surface area (Å²) >= 11 is 3.56. The Balaban J connectivity index is 1.88. The molecule has 0 saturated carbocycles. The van der Waals surface area contributed by atoms with Gasteiger partial charge in [-0.05, 0) is 52.8 Å². The van der Waals surface area contributed by atoms with Crippen molar-refractivity contribution in [3.05, 3.63) is 40.9 Å². The van der Waals surface area contributed by atoms with Crippen molar-refractivity contribution in [3.63, 3.8) is 0 Å². The highest BCUT2D eigenvalue weighted by Gasteiger charge is 2.10. The molecule has 0 heterocycles. The van der Waals surface area contributed by atoms with Gasteiger partial charge in [0, 0.05) is 13.1 Å². The summed E-state index contributed by atoms with van der Waals surface area (Å²) < 4.78 is 6.53. The van der Waals surface area contributed by atoms with Gasteiger partial charge in [0.05, 0.1) is 4.47 Å². The Labute approximate surface area is 145 Å². The first-order valence-corrected chi connectivity index (χ1v) is 8.48. The predicted molar refractivity (Wildman–Crippen MR) is 97.9 cm³/mol. The van der Waals surface area contributed by atoms with E-state index in [1.165, 1.54) is 0 Å². The number of fused-ring (bicyclic) bond motifs is 1. The van der Waals surface area contributed by atoms with Crippen LogP contribution in [0.2, 0.25) is 0 Å². The molecule has 0 radical (unpaired) electrons. The van der Waals surface area contributed by atoms with E-state index in [0.29, 0.717) is 18.2 Å². The van der Waals surface area contributed by atoms with Gasteiger partial charge in [-0.1, -0.05) is 37.3 Å². The molecule has 0 aliphatic rings. The fourth-order valence-electron chi connectivity index (χ4n) is 2.50. The minimum atomic E-state index is -0.101. The van der Waals surface area contributed by atoms with Crippen LogP contribution in [0, 0.1) is 5.92 Å². The number of rotatable bonds is 7. The van der Waals surface area contributed by atoms with Crippen LogP contribution in [0.4, 0.5) is 0 Å². The summed E-state index contributed by atoms with van der Waals surface area (Å²) in [7, 11) is 4.05. The Morgan fingerprint density at radius 3 is 2.74 bits per heavy atom. The molecule has 0 spiro atoms. The summed E-state index contributed by atoms with van der Waals surface area (Å²) in [5.74, 6) is 0.984. The lowest BCUT2D eigenvalue weighted by Crippen LogP contribution is -2.35. The number of carbonyl (C=O) groups excluding carboxylic acids is 1. The maximum absolute atomic E-state index is 11.9. The average molecular weight is 379 g/mol. The Morgan fingerprint density at radius 1 is 1.26 bits per heavy atom. The zero-order valence-corrected chi connectivity index (χ0v) is 15.4. The maximum atomic E-state index is 11.9. The third-order valence-electron chi connectivity index (χ3n) is 3.51. The molecule has 0 saturated heterocycles. The number of ether oxygens (including phenoxy) is 1.